The third kappa shape index (κ3) is 4.06. The zero-order chi connectivity index (χ0) is 20.6. The highest BCUT2D eigenvalue weighted by Crippen LogP contribution is 2.30. The number of nitrogens with one attached hydrogen (secondary N) is 2. The standard InChI is InChI=1S/C22H22N6O/c1-13-12-29-21(25-13)26-18-11-14(6-8-24-18)16-9-15(5-7-22(2,3)4)19-17(10-16)20(23)28-27-19/h6,8-12H,1-4H3,(H3,23,27,28)(H,24,25,26). The maximum absolute atomic E-state index is 6.07. The van der Waals surface area contributed by atoms with Crippen LogP contribution in [-0.2, 0) is 0 Å². The Labute approximate surface area is 168 Å². The summed E-state index contributed by atoms with van der Waals surface area (Å²) < 4.78 is 5.35. The van der Waals surface area contributed by atoms with Crippen molar-refractivity contribution >= 4 is 28.6 Å². The second-order valence-electron chi connectivity index (χ2n) is 7.90. The Balaban J connectivity index is 1.78. The number of nitrogens with two attached hydrogens (primary N) is 1. The van der Waals surface area contributed by atoms with Gasteiger partial charge in [-0.3, -0.25) is 10.4 Å². The summed E-state index contributed by atoms with van der Waals surface area (Å²) >= 11 is 0. The second-order valence-corrected chi connectivity index (χ2v) is 7.90. The van der Waals surface area contributed by atoms with Crippen LogP contribution in [0.15, 0.2) is 41.1 Å². The van der Waals surface area contributed by atoms with E-state index >= 15 is 0 Å². The summed E-state index contributed by atoms with van der Waals surface area (Å²) in [7, 11) is 0. The number of aromatic nitrogens is 4. The van der Waals surface area contributed by atoms with Crippen LogP contribution < -0.4 is 11.1 Å². The van der Waals surface area contributed by atoms with Gasteiger partial charge in [-0.1, -0.05) is 11.8 Å². The molecule has 0 aliphatic carbocycles. The number of anilines is 3. The molecule has 0 radical (unpaired) electrons. The number of aromatic amines is 1. The lowest BCUT2D eigenvalue weighted by molar-refractivity contribution is 0.571. The number of pyridine rings is 1. The number of hydrogen-bond acceptors (Lipinski definition) is 6. The zero-order valence-electron chi connectivity index (χ0n) is 16.8. The van der Waals surface area contributed by atoms with Crippen LogP contribution in [-0.4, -0.2) is 20.2 Å². The molecule has 7 nitrogen and oxygen atoms in total. The maximum atomic E-state index is 6.07. The summed E-state index contributed by atoms with van der Waals surface area (Å²) in [5.74, 6) is 7.63. The fraction of sp³-hybridized carbons (Fsp3) is 0.227. The number of hydrogen-bond donors (Lipinski definition) is 3. The van der Waals surface area contributed by atoms with Gasteiger partial charge < -0.3 is 10.2 Å². The predicted octanol–water partition coefficient (Wildman–Crippen LogP) is 4.64. The van der Waals surface area contributed by atoms with Gasteiger partial charge in [0.15, 0.2) is 5.82 Å². The van der Waals surface area contributed by atoms with Crippen molar-refractivity contribution in [2.45, 2.75) is 27.7 Å². The van der Waals surface area contributed by atoms with Crippen molar-refractivity contribution in [3.8, 4) is 23.0 Å². The van der Waals surface area contributed by atoms with Crippen molar-refractivity contribution in [2.24, 2.45) is 5.41 Å². The van der Waals surface area contributed by atoms with Gasteiger partial charge in [0, 0.05) is 17.0 Å². The molecule has 0 bridgehead atoms. The van der Waals surface area contributed by atoms with Crippen molar-refractivity contribution in [3.63, 3.8) is 0 Å². The molecule has 0 amide bonds. The molecule has 4 N–H and O–H groups in total. The van der Waals surface area contributed by atoms with Gasteiger partial charge in [0.25, 0.3) is 6.01 Å². The lowest BCUT2D eigenvalue weighted by Crippen LogP contribution is -1.99. The van der Waals surface area contributed by atoms with E-state index in [1.165, 1.54) is 0 Å². The molecule has 0 unspecified atom stereocenters. The third-order valence-electron chi connectivity index (χ3n) is 4.22. The second kappa shape index (κ2) is 6.99. The third-order valence-corrected chi connectivity index (χ3v) is 4.22. The quantitative estimate of drug-likeness (QED) is 0.443. The number of nitrogen functional groups attached to an aromatic ring is 1. The molecule has 1 aromatic carbocycles. The van der Waals surface area contributed by atoms with Gasteiger partial charge in [0.1, 0.15) is 12.1 Å². The SMILES string of the molecule is Cc1coc(Nc2cc(-c3cc(C#CC(C)(C)C)c4[nH]nc(N)c4c3)ccn2)n1. The summed E-state index contributed by atoms with van der Waals surface area (Å²) in [6.07, 6.45) is 3.32. The first-order chi connectivity index (χ1) is 13.8. The number of fused-ring (bicyclic) bond motifs is 1. The number of rotatable bonds is 3. The minimum atomic E-state index is -0.115. The summed E-state index contributed by atoms with van der Waals surface area (Å²) in [6, 6.07) is 8.30. The lowest BCUT2D eigenvalue weighted by atomic mass is 9.96. The first-order valence-corrected chi connectivity index (χ1v) is 9.25. The Bertz CT molecular complexity index is 1250. The Morgan fingerprint density at radius 1 is 1.17 bits per heavy atom. The summed E-state index contributed by atoms with van der Waals surface area (Å²) in [5, 5.41) is 11.1. The topological polar surface area (TPSA) is 106 Å². The lowest BCUT2D eigenvalue weighted by Gasteiger charge is -2.09. The van der Waals surface area contributed by atoms with Crippen molar-refractivity contribution < 1.29 is 4.42 Å². The Morgan fingerprint density at radius 2 is 2.00 bits per heavy atom. The Morgan fingerprint density at radius 3 is 2.72 bits per heavy atom. The molecule has 0 fully saturated rings. The first-order valence-electron chi connectivity index (χ1n) is 9.25. The molecule has 3 heterocycles. The number of benzene rings is 1. The first kappa shape index (κ1) is 18.6. The van der Waals surface area contributed by atoms with Crippen LogP contribution in [0.25, 0.3) is 22.0 Å². The van der Waals surface area contributed by atoms with E-state index in [1.54, 1.807) is 12.5 Å². The van der Waals surface area contributed by atoms with Gasteiger partial charge in [-0.2, -0.15) is 10.1 Å². The number of nitrogens with zero attached hydrogens (tertiary/aromatic N) is 3. The maximum Gasteiger partial charge on any atom is 0.300 e. The van der Waals surface area contributed by atoms with E-state index in [0.717, 1.165) is 33.3 Å². The molecule has 4 rings (SSSR count). The highest BCUT2D eigenvalue weighted by molar-refractivity contribution is 5.96. The van der Waals surface area contributed by atoms with Gasteiger partial charge in [-0.15, -0.1) is 0 Å². The molecule has 3 aromatic heterocycles. The fourth-order valence-corrected chi connectivity index (χ4v) is 2.86. The predicted molar refractivity (Wildman–Crippen MR) is 115 cm³/mol. The van der Waals surface area contributed by atoms with E-state index < -0.39 is 0 Å². The molecule has 29 heavy (non-hydrogen) atoms. The van der Waals surface area contributed by atoms with Crippen LogP contribution >= 0.6 is 0 Å². The summed E-state index contributed by atoms with van der Waals surface area (Å²) in [4.78, 5) is 8.60. The van der Waals surface area contributed by atoms with Crippen LogP contribution in [0.3, 0.4) is 0 Å². The van der Waals surface area contributed by atoms with Gasteiger partial charge in [-0.25, -0.2) is 4.98 Å². The van der Waals surface area contributed by atoms with Crippen molar-refractivity contribution in [1.29, 1.82) is 0 Å². The minimum Gasteiger partial charge on any atom is -0.432 e. The van der Waals surface area contributed by atoms with Crippen LogP contribution in [0.4, 0.5) is 17.7 Å². The van der Waals surface area contributed by atoms with Gasteiger partial charge >= 0.3 is 0 Å². The van der Waals surface area contributed by atoms with E-state index in [1.807, 2.05) is 31.2 Å². The van der Waals surface area contributed by atoms with Crippen molar-refractivity contribution in [1.82, 2.24) is 20.2 Å². The summed E-state index contributed by atoms with van der Waals surface area (Å²) in [5.41, 5.74) is 10.4. The highest BCUT2D eigenvalue weighted by atomic mass is 16.4. The van der Waals surface area contributed by atoms with E-state index in [-0.39, 0.29) is 5.41 Å². The molecular weight excluding hydrogens is 364 g/mol. The van der Waals surface area contributed by atoms with Crippen LogP contribution in [0.5, 0.6) is 0 Å². The minimum absolute atomic E-state index is 0.115. The Hall–Kier alpha value is -3.79. The van der Waals surface area contributed by atoms with E-state index in [4.69, 9.17) is 10.2 Å². The molecule has 4 aromatic rings. The molecule has 0 aliphatic heterocycles. The largest absolute Gasteiger partial charge is 0.432 e. The average Bonchev–Trinajstić information content (AvgIpc) is 3.25. The van der Waals surface area contributed by atoms with Crippen molar-refractivity contribution in [3.05, 3.63) is 48.0 Å². The fourth-order valence-electron chi connectivity index (χ4n) is 2.86. The number of aryl methyl sites for hydroxylation is 1. The van der Waals surface area contributed by atoms with Gasteiger partial charge in [0.2, 0.25) is 0 Å². The van der Waals surface area contributed by atoms with Gasteiger partial charge in [-0.05, 0) is 63.1 Å². The molecule has 0 saturated heterocycles. The highest BCUT2D eigenvalue weighted by Gasteiger charge is 2.12. The van der Waals surface area contributed by atoms with Crippen LogP contribution in [0, 0.1) is 24.2 Å². The van der Waals surface area contributed by atoms with Crippen molar-refractivity contribution in [2.75, 3.05) is 11.1 Å². The number of oxazole rings is 1. The monoisotopic (exact) mass is 386 g/mol. The van der Waals surface area contributed by atoms with E-state index in [0.29, 0.717) is 17.7 Å². The van der Waals surface area contributed by atoms with Crippen LogP contribution in [0.2, 0.25) is 0 Å². The summed E-state index contributed by atoms with van der Waals surface area (Å²) in [6.45, 7) is 8.10. The molecule has 0 aliphatic rings. The molecule has 0 atom stereocenters. The zero-order valence-corrected chi connectivity index (χ0v) is 16.8. The Kier molecular flexibility index (Phi) is 4.47. The van der Waals surface area contributed by atoms with Gasteiger partial charge in [0.05, 0.1) is 16.8 Å². The molecule has 146 valence electrons. The van der Waals surface area contributed by atoms with Crippen LogP contribution in [0.1, 0.15) is 32.0 Å². The molecular formula is C22H22N6O. The molecule has 0 saturated carbocycles. The molecule has 0 spiro atoms. The molecule has 7 heteroatoms. The average molecular weight is 386 g/mol. The normalized spacial score (nSPS) is 11.3. The van der Waals surface area contributed by atoms with E-state index in [2.05, 4.69) is 58.1 Å². The number of H-pyrrole nitrogens is 1. The smallest absolute Gasteiger partial charge is 0.300 e. The van der Waals surface area contributed by atoms with E-state index in [9.17, 15) is 0 Å².